The van der Waals surface area contributed by atoms with E-state index in [1.807, 2.05) is 0 Å². The van der Waals surface area contributed by atoms with Gasteiger partial charge in [0.15, 0.2) is 5.16 Å². The van der Waals surface area contributed by atoms with E-state index in [1.165, 1.54) is 0 Å². The highest BCUT2D eigenvalue weighted by atomic mass is 35.5. The number of benzene rings is 1. The van der Waals surface area contributed by atoms with E-state index >= 15 is 0 Å². The van der Waals surface area contributed by atoms with Gasteiger partial charge >= 0.3 is 0 Å². The van der Waals surface area contributed by atoms with Crippen LogP contribution in [0.2, 0.25) is 5.02 Å². The molecule has 10 heteroatoms. The van der Waals surface area contributed by atoms with Crippen molar-refractivity contribution < 1.29 is 9.53 Å². The van der Waals surface area contributed by atoms with E-state index in [0.29, 0.717) is 29.1 Å². The second-order valence-corrected chi connectivity index (χ2v) is 6.12. The van der Waals surface area contributed by atoms with Crippen molar-refractivity contribution in [1.29, 1.82) is 0 Å². The summed E-state index contributed by atoms with van der Waals surface area (Å²) in [4.78, 5) is 25.1. The summed E-state index contributed by atoms with van der Waals surface area (Å²) in [6.45, 7) is 0.823. The highest BCUT2D eigenvalue weighted by molar-refractivity contribution is 7.99. The molecule has 2 aromatic rings. The molecule has 1 aromatic carbocycles. The maximum absolute atomic E-state index is 12.1. The minimum absolute atomic E-state index is 0.0298. The Balaban J connectivity index is 1.74. The number of hydrogen-bond donors (Lipinski definition) is 2. The lowest BCUT2D eigenvalue weighted by atomic mass is 10.3. The van der Waals surface area contributed by atoms with Crippen LogP contribution in [0, 0.1) is 0 Å². The van der Waals surface area contributed by atoms with Crippen molar-refractivity contribution in [3.63, 3.8) is 0 Å². The van der Waals surface area contributed by atoms with Gasteiger partial charge in [-0.2, -0.15) is 15.0 Å². The molecule has 0 bridgehead atoms. The third-order valence-corrected chi connectivity index (χ3v) is 3.99. The standard InChI is InChI=1S/C14H17ClN6O2S/c1-21(6-7-23-10-4-2-9(15)3-5-10)11(22)8-24-14-19-12(16)18-13(17)20-14/h2-5H,6-8H2,1H3,(H4,16,17,18,19,20). The molecule has 1 heterocycles. The third kappa shape index (κ3) is 5.74. The van der Waals surface area contributed by atoms with Gasteiger partial charge in [-0.05, 0) is 24.3 Å². The van der Waals surface area contributed by atoms with Crippen LogP contribution >= 0.6 is 23.4 Å². The molecule has 128 valence electrons. The number of halogens is 1. The van der Waals surface area contributed by atoms with Crippen LogP contribution < -0.4 is 16.2 Å². The monoisotopic (exact) mass is 368 g/mol. The van der Waals surface area contributed by atoms with Crippen LogP contribution in [0.5, 0.6) is 5.75 Å². The van der Waals surface area contributed by atoms with E-state index in [2.05, 4.69) is 15.0 Å². The largest absolute Gasteiger partial charge is 0.492 e. The zero-order valence-electron chi connectivity index (χ0n) is 13.0. The molecular formula is C14H17ClN6O2S. The molecule has 2 rings (SSSR count). The number of anilines is 2. The fourth-order valence-electron chi connectivity index (χ4n) is 1.65. The Morgan fingerprint density at radius 2 is 1.83 bits per heavy atom. The van der Waals surface area contributed by atoms with Crippen molar-refractivity contribution in [2.24, 2.45) is 0 Å². The molecular weight excluding hydrogens is 352 g/mol. The number of carbonyl (C=O) groups is 1. The fraction of sp³-hybridized carbons (Fsp3) is 0.286. The summed E-state index contributed by atoms with van der Waals surface area (Å²) < 4.78 is 5.55. The Kier molecular flexibility index (Phi) is 6.44. The predicted molar refractivity (Wildman–Crippen MR) is 94.0 cm³/mol. The van der Waals surface area contributed by atoms with Crippen LogP contribution in [-0.2, 0) is 4.79 Å². The van der Waals surface area contributed by atoms with E-state index in [-0.39, 0.29) is 23.6 Å². The molecule has 0 radical (unpaired) electrons. The van der Waals surface area contributed by atoms with Crippen molar-refractivity contribution >= 4 is 41.2 Å². The summed E-state index contributed by atoms with van der Waals surface area (Å²) in [5, 5.41) is 0.963. The molecule has 24 heavy (non-hydrogen) atoms. The second kappa shape index (κ2) is 8.55. The Morgan fingerprint density at radius 1 is 1.21 bits per heavy atom. The quantitative estimate of drug-likeness (QED) is 0.702. The lowest BCUT2D eigenvalue weighted by Gasteiger charge is -2.17. The Hall–Kier alpha value is -2.26. The molecule has 0 spiro atoms. The zero-order chi connectivity index (χ0) is 17.5. The first-order valence-electron chi connectivity index (χ1n) is 6.96. The second-order valence-electron chi connectivity index (χ2n) is 4.74. The van der Waals surface area contributed by atoms with Gasteiger partial charge < -0.3 is 21.1 Å². The normalized spacial score (nSPS) is 10.4. The molecule has 0 aliphatic carbocycles. The Morgan fingerprint density at radius 3 is 2.46 bits per heavy atom. The molecule has 4 N–H and O–H groups in total. The highest BCUT2D eigenvalue weighted by Crippen LogP contribution is 2.16. The number of nitrogens with zero attached hydrogens (tertiary/aromatic N) is 4. The molecule has 1 amide bonds. The molecule has 8 nitrogen and oxygen atoms in total. The van der Waals surface area contributed by atoms with Gasteiger partial charge in [-0.3, -0.25) is 4.79 Å². The minimum Gasteiger partial charge on any atom is -0.492 e. The van der Waals surface area contributed by atoms with Crippen molar-refractivity contribution in [3.05, 3.63) is 29.3 Å². The molecule has 0 unspecified atom stereocenters. The number of rotatable bonds is 7. The first-order valence-corrected chi connectivity index (χ1v) is 8.32. The summed E-state index contributed by atoms with van der Waals surface area (Å²) in [5.74, 6) is 0.840. The van der Waals surface area contributed by atoms with Crippen molar-refractivity contribution in [1.82, 2.24) is 19.9 Å². The maximum Gasteiger partial charge on any atom is 0.232 e. The average molecular weight is 369 g/mol. The number of nitrogens with two attached hydrogens (primary N) is 2. The number of hydrogen-bond acceptors (Lipinski definition) is 8. The van der Waals surface area contributed by atoms with Crippen molar-refractivity contribution in [3.8, 4) is 5.75 Å². The van der Waals surface area contributed by atoms with E-state index in [1.54, 1.807) is 36.2 Å². The van der Waals surface area contributed by atoms with Gasteiger partial charge in [0.05, 0.1) is 12.3 Å². The highest BCUT2D eigenvalue weighted by Gasteiger charge is 2.11. The van der Waals surface area contributed by atoms with Crippen LogP contribution in [0.1, 0.15) is 0 Å². The molecule has 0 aliphatic heterocycles. The Labute approximate surface area is 148 Å². The number of nitrogen functional groups attached to an aromatic ring is 2. The number of ether oxygens (including phenoxy) is 1. The topological polar surface area (TPSA) is 120 Å². The smallest absolute Gasteiger partial charge is 0.232 e. The van der Waals surface area contributed by atoms with Gasteiger partial charge in [0.1, 0.15) is 12.4 Å². The first-order chi connectivity index (χ1) is 11.4. The van der Waals surface area contributed by atoms with Crippen LogP contribution in [0.15, 0.2) is 29.4 Å². The summed E-state index contributed by atoms with van der Waals surface area (Å²) in [6.07, 6.45) is 0. The van der Waals surface area contributed by atoms with Crippen LogP contribution in [0.25, 0.3) is 0 Å². The molecule has 0 saturated carbocycles. The SMILES string of the molecule is CN(CCOc1ccc(Cl)cc1)C(=O)CSc1nc(N)nc(N)n1. The molecule has 0 fully saturated rings. The summed E-state index contributed by atoms with van der Waals surface area (Å²) in [5.41, 5.74) is 11.0. The lowest BCUT2D eigenvalue weighted by Crippen LogP contribution is -2.32. The van der Waals surface area contributed by atoms with Gasteiger partial charge in [-0.25, -0.2) is 0 Å². The van der Waals surface area contributed by atoms with Crippen LogP contribution in [0.4, 0.5) is 11.9 Å². The summed E-state index contributed by atoms with van der Waals surface area (Å²) in [6, 6.07) is 7.04. The van der Waals surface area contributed by atoms with E-state index in [4.69, 9.17) is 27.8 Å². The predicted octanol–water partition coefficient (Wildman–Crippen LogP) is 1.32. The zero-order valence-corrected chi connectivity index (χ0v) is 14.5. The van der Waals surface area contributed by atoms with Gasteiger partial charge in [0.2, 0.25) is 17.8 Å². The number of aromatic nitrogens is 3. The molecule has 0 saturated heterocycles. The molecule has 0 aliphatic rings. The summed E-state index contributed by atoms with van der Waals surface area (Å²) in [7, 11) is 1.70. The van der Waals surface area contributed by atoms with Crippen molar-refractivity contribution in [2.75, 3.05) is 37.4 Å². The minimum atomic E-state index is -0.0859. The molecule has 1 aromatic heterocycles. The first kappa shape index (κ1) is 18.1. The lowest BCUT2D eigenvalue weighted by molar-refractivity contribution is -0.127. The van der Waals surface area contributed by atoms with E-state index < -0.39 is 0 Å². The van der Waals surface area contributed by atoms with Crippen molar-refractivity contribution in [2.45, 2.75) is 5.16 Å². The maximum atomic E-state index is 12.1. The van der Waals surface area contributed by atoms with Gasteiger partial charge in [-0.15, -0.1) is 0 Å². The van der Waals surface area contributed by atoms with E-state index in [0.717, 1.165) is 11.8 Å². The van der Waals surface area contributed by atoms with Crippen LogP contribution in [-0.4, -0.2) is 51.7 Å². The van der Waals surface area contributed by atoms with Crippen LogP contribution in [0.3, 0.4) is 0 Å². The Bertz CT molecular complexity index is 680. The number of carbonyl (C=O) groups excluding carboxylic acids is 1. The average Bonchev–Trinajstić information content (AvgIpc) is 2.53. The molecule has 0 atom stereocenters. The van der Waals surface area contributed by atoms with Gasteiger partial charge in [-0.1, -0.05) is 23.4 Å². The number of amides is 1. The van der Waals surface area contributed by atoms with Gasteiger partial charge in [0.25, 0.3) is 0 Å². The number of likely N-dealkylation sites (N-methyl/N-ethyl adjacent to an activating group) is 1. The fourth-order valence-corrected chi connectivity index (χ4v) is 2.56. The van der Waals surface area contributed by atoms with E-state index in [9.17, 15) is 4.79 Å². The summed E-state index contributed by atoms with van der Waals surface area (Å²) >= 11 is 6.95. The third-order valence-electron chi connectivity index (χ3n) is 2.91. The van der Waals surface area contributed by atoms with Gasteiger partial charge in [0, 0.05) is 12.1 Å². The number of thioether (sulfide) groups is 1.